The van der Waals surface area contributed by atoms with Crippen LogP contribution in [0.3, 0.4) is 0 Å². The van der Waals surface area contributed by atoms with E-state index in [9.17, 15) is 4.79 Å². The molecular weight excluding hydrogens is 178 g/mol. The molecule has 0 aromatic heterocycles. The van der Waals surface area contributed by atoms with Crippen LogP contribution in [-0.2, 0) is 9.53 Å². The van der Waals surface area contributed by atoms with E-state index >= 15 is 0 Å². The van der Waals surface area contributed by atoms with Crippen molar-refractivity contribution >= 4 is 5.91 Å². The molecule has 1 aliphatic carbocycles. The van der Waals surface area contributed by atoms with Crippen LogP contribution >= 0.6 is 0 Å². The maximum absolute atomic E-state index is 11.3. The van der Waals surface area contributed by atoms with Gasteiger partial charge in [-0.05, 0) is 38.0 Å². The van der Waals surface area contributed by atoms with Gasteiger partial charge in [-0.25, -0.2) is 0 Å². The quantitative estimate of drug-likeness (QED) is 0.738. The van der Waals surface area contributed by atoms with E-state index in [2.05, 4.69) is 5.32 Å². The largest absolute Gasteiger partial charge is 0.381 e. The van der Waals surface area contributed by atoms with Gasteiger partial charge in [0.05, 0.1) is 0 Å². The molecule has 2 aliphatic rings. The van der Waals surface area contributed by atoms with E-state index in [-0.39, 0.29) is 5.91 Å². The molecule has 0 atom stereocenters. The SMILES string of the molecule is O=C(NCCC1CCOCC1)C1CC1. The van der Waals surface area contributed by atoms with Crippen LogP contribution in [0.25, 0.3) is 0 Å². The summed E-state index contributed by atoms with van der Waals surface area (Å²) < 4.78 is 5.29. The smallest absolute Gasteiger partial charge is 0.223 e. The van der Waals surface area contributed by atoms with E-state index in [1.54, 1.807) is 0 Å². The highest BCUT2D eigenvalue weighted by atomic mass is 16.5. The molecule has 0 spiro atoms. The van der Waals surface area contributed by atoms with Crippen LogP contribution < -0.4 is 5.32 Å². The van der Waals surface area contributed by atoms with Crippen molar-refractivity contribution in [1.29, 1.82) is 0 Å². The molecule has 0 aromatic carbocycles. The van der Waals surface area contributed by atoms with Crippen LogP contribution in [0.15, 0.2) is 0 Å². The molecule has 1 saturated carbocycles. The molecule has 14 heavy (non-hydrogen) atoms. The van der Waals surface area contributed by atoms with Crippen LogP contribution in [0.4, 0.5) is 0 Å². The van der Waals surface area contributed by atoms with E-state index in [1.165, 1.54) is 12.8 Å². The van der Waals surface area contributed by atoms with E-state index in [1.807, 2.05) is 0 Å². The number of hydrogen-bond donors (Lipinski definition) is 1. The second-order valence-electron chi connectivity index (χ2n) is 4.41. The van der Waals surface area contributed by atoms with Gasteiger partial charge in [-0.15, -0.1) is 0 Å². The Morgan fingerprint density at radius 3 is 2.57 bits per heavy atom. The first kappa shape index (κ1) is 9.97. The van der Waals surface area contributed by atoms with Gasteiger partial charge in [0.1, 0.15) is 0 Å². The topological polar surface area (TPSA) is 38.3 Å². The van der Waals surface area contributed by atoms with Gasteiger partial charge in [-0.2, -0.15) is 0 Å². The lowest BCUT2D eigenvalue weighted by atomic mass is 9.97. The van der Waals surface area contributed by atoms with Crippen LogP contribution in [-0.4, -0.2) is 25.7 Å². The molecule has 3 nitrogen and oxygen atoms in total. The number of nitrogens with one attached hydrogen (secondary N) is 1. The van der Waals surface area contributed by atoms with Gasteiger partial charge >= 0.3 is 0 Å². The molecule has 1 heterocycles. The second kappa shape index (κ2) is 4.78. The zero-order valence-corrected chi connectivity index (χ0v) is 8.63. The third-order valence-electron chi connectivity index (χ3n) is 3.14. The first-order chi connectivity index (χ1) is 6.86. The van der Waals surface area contributed by atoms with Gasteiger partial charge in [0, 0.05) is 25.7 Å². The van der Waals surface area contributed by atoms with Crippen LogP contribution in [0, 0.1) is 11.8 Å². The van der Waals surface area contributed by atoms with Crippen molar-refractivity contribution < 1.29 is 9.53 Å². The summed E-state index contributed by atoms with van der Waals surface area (Å²) in [5.74, 6) is 1.39. The molecule has 1 N–H and O–H groups in total. The van der Waals surface area contributed by atoms with Crippen molar-refractivity contribution in [2.24, 2.45) is 11.8 Å². The molecule has 1 saturated heterocycles. The monoisotopic (exact) mass is 197 g/mol. The molecule has 0 unspecified atom stereocenters. The summed E-state index contributed by atoms with van der Waals surface area (Å²) in [5, 5.41) is 3.01. The summed E-state index contributed by atoms with van der Waals surface area (Å²) in [6.07, 6.45) is 5.66. The van der Waals surface area contributed by atoms with Crippen LogP contribution in [0.2, 0.25) is 0 Å². The standard InChI is InChI=1S/C11H19NO2/c13-11(10-1-2-10)12-6-3-9-4-7-14-8-5-9/h9-10H,1-8H2,(H,12,13). The minimum Gasteiger partial charge on any atom is -0.381 e. The number of carbonyl (C=O) groups is 1. The minimum atomic E-state index is 0.275. The molecule has 80 valence electrons. The van der Waals surface area contributed by atoms with Crippen LogP contribution in [0.1, 0.15) is 32.1 Å². The lowest BCUT2D eigenvalue weighted by molar-refractivity contribution is -0.122. The molecule has 2 rings (SSSR count). The summed E-state index contributed by atoms with van der Waals surface area (Å²) in [7, 11) is 0. The molecule has 3 heteroatoms. The average molecular weight is 197 g/mol. The zero-order valence-electron chi connectivity index (χ0n) is 8.63. The van der Waals surface area contributed by atoms with Gasteiger partial charge in [-0.3, -0.25) is 4.79 Å². The number of ether oxygens (including phenoxy) is 1. The van der Waals surface area contributed by atoms with Crippen molar-refractivity contribution in [1.82, 2.24) is 5.32 Å². The van der Waals surface area contributed by atoms with Crippen molar-refractivity contribution in [3.05, 3.63) is 0 Å². The highest BCUT2D eigenvalue weighted by Crippen LogP contribution is 2.28. The van der Waals surface area contributed by atoms with E-state index in [4.69, 9.17) is 4.74 Å². The number of amides is 1. The lowest BCUT2D eigenvalue weighted by Gasteiger charge is -2.21. The van der Waals surface area contributed by atoms with Crippen LogP contribution in [0.5, 0.6) is 0 Å². The van der Waals surface area contributed by atoms with Gasteiger partial charge in [-0.1, -0.05) is 0 Å². The van der Waals surface area contributed by atoms with Gasteiger partial charge in [0.2, 0.25) is 5.91 Å². The highest BCUT2D eigenvalue weighted by Gasteiger charge is 2.29. The predicted molar refractivity (Wildman–Crippen MR) is 53.9 cm³/mol. The first-order valence-corrected chi connectivity index (χ1v) is 5.71. The summed E-state index contributed by atoms with van der Waals surface area (Å²) in [5.41, 5.74) is 0. The fourth-order valence-electron chi connectivity index (χ4n) is 1.92. The molecule has 1 aliphatic heterocycles. The average Bonchev–Trinajstić information content (AvgIpc) is 3.02. The number of rotatable bonds is 4. The Labute approximate surface area is 85.2 Å². The normalized spacial score (nSPS) is 23.4. The zero-order chi connectivity index (χ0) is 9.80. The molecule has 2 fully saturated rings. The van der Waals surface area contributed by atoms with Gasteiger partial charge < -0.3 is 10.1 Å². The molecule has 0 aromatic rings. The number of hydrogen-bond acceptors (Lipinski definition) is 2. The van der Waals surface area contributed by atoms with Gasteiger partial charge in [0.15, 0.2) is 0 Å². The fourth-order valence-corrected chi connectivity index (χ4v) is 1.92. The van der Waals surface area contributed by atoms with Crippen molar-refractivity contribution in [2.75, 3.05) is 19.8 Å². The Bertz CT molecular complexity index is 195. The Hall–Kier alpha value is -0.570. The third kappa shape index (κ3) is 2.98. The lowest BCUT2D eigenvalue weighted by Crippen LogP contribution is -2.28. The summed E-state index contributed by atoms with van der Waals surface area (Å²) in [6.45, 7) is 2.67. The summed E-state index contributed by atoms with van der Waals surface area (Å²) >= 11 is 0. The maximum atomic E-state index is 11.3. The summed E-state index contributed by atoms with van der Waals surface area (Å²) in [4.78, 5) is 11.3. The van der Waals surface area contributed by atoms with Crippen molar-refractivity contribution in [2.45, 2.75) is 32.1 Å². The Morgan fingerprint density at radius 2 is 1.93 bits per heavy atom. The molecule has 0 bridgehead atoms. The summed E-state index contributed by atoms with van der Waals surface area (Å²) in [6, 6.07) is 0. The highest BCUT2D eigenvalue weighted by molar-refractivity contribution is 5.80. The van der Waals surface area contributed by atoms with Gasteiger partial charge in [0.25, 0.3) is 0 Å². The minimum absolute atomic E-state index is 0.275. The molecule has 0 radical (unpaired) electrons. The Kier molecular flexibility index (Phi) is 3.40. The third-order valence-corrected chi connectivity index (χ3v) is 3.14. The van der Waals surface area contributed by atoms with Crippen molar-refractivity contribution in [3.8, 4) is 0 Å². The van der Waals surface area contributed by atoms with E-state index < -0.39 is 0 Å². The first-order valence-electron chi connectivity index (χ1n) is 5.71. The Morgan fingerprint density at radius 1 is 1.21 bits per heavy atom. The molecular formula is C11H19NO2. The fraction of sp³-hybridized carbons (Fsp3) is 0.909. The van der Waals surface area contributed by atoms with E-state index in [0.717, 1.165) is 44.9 Å². The molecule has 1 amide bonds. The second-order valence-corrected chi connectivity index (χ2v) is 4.41. The maximum Gasteiger partial charge on any atom is 0.223 e. The Balaban J connectivity index is 1.54. The van der Waals surface area contributed by atoms with Crippen molar-refractivity contribution in [3.63, 3.8) is 0 Å². The predicted octanol–water partition coefficient (Wildman–Crippen LogP) is 1.33. The number of carbonyl (C=O) groups excluding carboxylic acids is 1. The van der Waals surface area contributed by atoms with E-state index in [0.29, 0.717) is 5.92 Å².